The number of carboxylic acid groups (broad SMARTS) is 1. The molecule has 1 aromatic rings. The van der Waals surface area contributed by atoms with Crippen molar-refractivity contribution in [1.29, 1.82) is 0 Å². The smallest absolute Gasteiger partial charge is 0.307 e. The van der Waals surface area contributed by atoms with Crippen LogP contribution in [0, 0.1) is 11.8 Å². The maximum Gasteiger partial charge on any atom is 0.307 e. The number of carbonyl (C=O) groups excluding carboxylic acids is 1. The molecule has 1 N–H and O–H groups in total. The number of ether oxygens (including phenoxy) is 1. The topological polar surface area (TPSA) is 63.6 Å². The van der Waals surface area contributed by atoms with Crippen molar-refractivity contribution in [2.75, 3.05) is 7.11 Å². The van der Waals surface area contributed by atoms with Crippen LogP contribution in [0.4, 0.5) is 0 Å². The maximum atomic E-state index is 10.6. The van der Waals surface area contributed by atoms with E-state index in [2.05, 4.69) is 11.8 Å². The fraction of sp³-hybridized carbons (Fsp3) is 0.231. The second-order valence-electron chi connectivity index (χ2n) is 3.28. The Labute approximate surface area is 99.2 Å². The molecule has 0 aromatic heterocycles. The first-order valence-corrected chi connectivity index (χ1v) is 4.98. The summed E-state index contributed by atoms with van der Waals surface area (Å²) >= 11 is 0. The zero-order valence-electron chi connectivity index (χ0n) is 9.40. The molecule has 0 amide bonds. The molecule has 1 rings (SSSR count). The summed E-state index contributed by atoms with van der Waals surface area (Å²) in [7, 11) is 1.51. The van der Waals surface area contributed by atoms with Gasteiger partial charge in [0.05, 0.1) is 25.5 Å². The lowest BCUT2D eigenvalue weighted by molar-refractivity contribution is -0.136. The van der Waals surface area contributed by atoms with Crippen LogP contribution in [-0.4, -0.2) is 24.5 Å². The van der Waals surface area contributed by atoms with Gasteiger partial charge in [0.25, 0.3) is 0 Å². The first-order valence-electron chi connectivity index (χ1n) is 4.98. The molecule has 0 radical (unpaired) electrons. The Morgan fingerprint density at radius 1 is 1.53 bits per heavy atom. The van der Waals surface area contributed by atoms with E-state index in [1.807, 2.05) is 0 Å². The largest absolute Gasteiger partial charge is 0.495 e. The Morgan fingerprint density at radius 2 is 2.29 bits per heavy atom. The number of methoxy groups -OCH3 is 1. The van der Waals surface area contributed by atoms with Gasteiger partial charge in [-0.1, -0.05) is 17.9 Å². The Kier molecular flexibility index (Phi) is 4.77. The van der Waals surface area contributed by atoms with Crippen LogP contribution in [0.1, 0.15) is 17.5 Å². The fourth-order valence-electron chi connectivity index (χ4n) is 1.33. The van der Waals surface area contributed by atoms with Gasteiger partial charge in [-0.2, -0.15) is 0 Å². The molecular formula is C13H12O4. The van der Waals surface area contributed by atoms with Crippen molar-refractivity contribution in [3.05, 3.63) is 29.3 Å². The molecule has 0 aliphatic rings. The molecule has 0 aliphatic carbocycles. The summed E-state index contributed by atoms with van der Waals surface area (Å²) in [4.78, 5) is 20.7. The van der Waals surface area contributed by atoms with Gasteiger partial charge in [0.2, 0.25) is 0 Å². The molecule has 0 atom stereocenters. The molecule has 88 valence electrons. The molecule has 4 nitrogen and oxygen atoms in total. The van der Waals surface area contributed by atoms with Gasteiger partial charge in [-0.05, 0) is 17.7 Å². The van der Waals surface area contributed by atoms with Crippen LogP contribution in [0.3, 0.4) is 0 Å². The van der Waals surface area contributed by atoms with E-state index in [0.29, 0.717) is 23.2 Å². The molecular weight excluding hydrogens is 220 g/mol. The van der Waals surface area contributed by atoms with Gasteiger partial charge in [0.1, 0.15) is 12.0 Å². The minimum absolute atomic E-state index is 0.0631. The van der Waals surface area contributed by atoms with Crippen molar-refractivity contribution in [1.82, 2.24) is 0 Å². The number of hydrogen-bond acceptors (Lipinski definition) is 3. The van der Waals surface area contributed by atoms with Gasteiger partial charge in [-0.25, -0.2) is 0 Å². The normalized spacial score (nSPS) is 9.00. The van der Waals surface area contributed by atoms with Crippen LogP contribution in [0.15, 0.2) is 18.2 Å². The number of benzene rings is 1. The maximum absolute atomic E-state index is 10.6. The second-order valence-corrected chi connectivity index (χ2v) is 3.28. The van der Waals surface area contributed by atoms with Gasteiger partial charge in [0.15, 0.2) is 0 Å². The third-order valence-corrected chi connectivity index (χ3v) is 2.03. The molecule has 0 bridgehead atoms. The highest BCUT2D eigenvalue weighted by Crippen LogP contribution is 2.19. The van der Waals surface area contributed by atoms with Crippen LogP contribution in [-0.2, 0) is 16.0 Å². The number of aliphatic carboxylic acids is 1. The SMILES string of the molecule is COc1ccc(CC(=O)O)cc1C#CCC=O. The predicted molar refractivity (Wildman–Crippen MR) is 61.9 cm³/mol. The minimum atomic E-state index is -0.901. The lowest BCUT2D eigenvalue weighted by atomic mass is 10.1. The number of aldehydes is 1. The molecule has 0 spiro atoms. The Balaban J connectivity index is 3.02. The van der Waals surface area contributed by atoms with Crippen molar-refractivity contribution in [2.24, 2.45) is 0 Å². The van der Waals surface area contributed by atoms with Crippen LogP contribution in [0.25, 0.3) is 0 Å². The Hall–Kier alpha value is -2.28. The molecule has 1 aromatic carbocycles. The molecule has 0 aliphatic heterocycles. The van der Waals surface area contributed by atoms with E-state index in [0.717, 1.165) is 0 Å². The fourth-order valence-corrected chi connectivity index (χ4v) is 1.33. The van der Waals surface area contributed by atoms with E-state index in [9.17, 15) is 9.59 Å². The highest BCUT2D eigenvalue weighted by Gasteiger charge is 2.05. The van der Waals surface area contributed by atoms with Crippen molar-refractivity contribution in [3.8, 4) is 17.6 Å². The van der Waals surface area contributed by atoms with Crippen molar-refractivity contribution in [2.45, 2.75) is 12.8 Å². The standard InChI is InChI=1S/C13H12O4/c1-17-12-6-5-10(9-13(15)16)8-11(12)4-2-3-7-14/h5-8H,3,9H2,1H3,(H,15,16). The monoisotopic (exact) mass is 232 g/mol. The summed E-state index contributed by atoms with van der Waals surface area (Å²) in [5.74, 6) is 5.11. The zero-order chi connectivity index (χ0) is 12.7. The number of carboxylic acids is 1. The first-order chi connectivity index (χ1) is 8.17. The van der Waals surface area contributed by atoms with E-state index in [1.165, 1.54) is 7.11 Å². The second kappa shape index (κ2) is 6.33. The summed E-state index contributed by atoms with van der Waals surface area (Å²) in [6, 6.07) is 5.01. The van der Waals surface area contributed by atoms with Crippen molar-refractivity contribution >= 4 is 12.3 Å². The summed E-state index contributed by atoms with van der Waals surface area (Å²) in [5, 5.41) is 8.68. The Bertz CT molecular complexity index is 480. The molecule has 0 unspecified atom stereocenters. The quantitative estimate of drug-likeness (QED) is 0.627. The van der Waals surface area contributed by atoms with E-state index in [-0.39, 0.29) is 12.8 Å². The third-order valence-electron chi connectivity index (χ3n) is 2.03. The lowest BCUT2D eigenvalue weighted by Gasteiger charge is -2.05. The third kappa shape index (κ3) is 3.99. The predicted octanol–water partition coefficient (Wildman–Crippen LogP) is 1.26. The summed E-state index contributed by atoms with van der Waals surface area (Å²) in [5.41, 5.74) is 1.24. The average Bonchev–Trinajstić information content (AvgIpc) is 2.29. The average molecular weight is 232 g/mol. The van der Waals surface area contributed by atoms with E-state index in [4.69, 9.17) is 9.84 Å². The van der Waals surface area contributed by atoms with Crippen LogP contribution >= 0.6 is 0 Å². The minimum Gasteiger partial charge on any atom is -0.495 e. The summed E-state index contributed by atoms with van der Waals surface area (Å²) < 4.78 is 5.10. The van der Waals surface area contributed by atoms with E-state index < -0.39 is 5.97 Å². The van der Waals surface area contributed by atoms with Gasteiger partial charge >= 0.3 is 5.97 Å². The summed E-state index contributed by atoms with van der Waals surface area (Å²) in [6.07, 6.45) is 0.791. The molecule has 0 fully saturated rings. The van der Waals surface area contributed by atoms with Crippen LogP contribution in [0.5, 0.6) is 5.75 Å². The first kappa shape index (κ1) is 12.8. The molecule has 0 heterocycles. The van der Waals surface area contributed by atoms with E-state index in [1.54, 1.807) is 18.2 Å². The van der Waals surface area contributed by atoms with Crippen LogP contribution in [0.2, 0.25) is 0 Å². The van der Waals surface area contributed by atoms with Gasteiger partial charge in [-0.15, -0.1) is 0 Å². The zero-order valence-corrected chi connectivity index (χ0v) is 9.40. The number of rotatable bonds is 4. The molecule has 4 heteroatoms. The van der Waals surface area contributed by atoms with Crippen molar-refractivity contribution < 1.29 is 19.4 Å². The van der Waals surface area contributed by atoms with Gasteiger partial charge in [-0.3, -0.25) is 4.79 Å². The summed E-state index contributed by atoms with van der Waals surface area (Å²) in [6.45, 7) is 0. The van der Waals surface area contributed by atoms with E-state index >= 15 is 0 Å². The highest BCUT2D eigenvalue weighted by atomic mass is 16.5. The number of hydrogen-bond donors (Lipinski definition) is 1. The molecule has 0 saturated heterocycles. The Morgan fingerprint density at radius 3 is 2.88 bits per heavy atom. The number of carbonyl (C=O) groups is 2. The molecule has 0 saturated carbocycles. The van der Waals surface area contributed by atoms with Gasteiger partial charge in [0, 0.05) is 0 Å². The highest BCUT2D eigenvalue weighted by molar-refractivity contribution is 5.70. The lowest BCUT2D eigenvalue weighted by Crippen LogP contribution is -2.00. The molecule has 17 heavy (non-hydrogen) atoms. The van der Waals surface area contributed by atoms with Crippen LogP contribution < -0.4 is 4.74 Å². The van der Waals surface area contributed by atoms with Crippen molar-refractivity contribution in [3.63, 3.8) is 0 Å². The van der Waals surface area contributed by atoms with Gasteiger partial charge < -0.3 is 14.6 Å².